The van der Waals surface area contributed by atoms with Gasteiger partial charge in [-0.05, 0) is 0 Å². The molecule has 10 aliphatic carbocycles. The number of hydrogen-bond acceptors (Lipinski definition) is 0. The summed E-state index contributed by atoms with van der Waals surface area (Å²) in [4.78, 5) is 0. The topological polar surface area (TPSA) is 0 Å². The van der Waals surface area contributed by atoms with Crippen LogP contribution in [0.15, 0.2) is 0 Å². The van der Waals surface area contributed by atoms with Crippen molar-refractivity contribution < 1.29 is 0 Å². The van der Waals surface area contributed by atoms with Gasteiger partial charge in [0.05, 0.1) is 0 Å². The second-order valence-electron chi connectivity index (χ2n) is 29.9. The third-order valence-corrected chi connectivity index (χ3v) is 20.7. The molecule has 10 saturated carbocycles. The molecular weight excluding hydrogens is 1040 g/mol. The fourth-order valence-corrected chi connectivity index (χ4v) is 11.5. The summed E-state index contributed by atoms with van der Waals surface area (Å²) in [6.45, 7) is 9.01. The quantitative estimate of drug-likeness (QED) is 0.101. The van der Waals surface area contributed by atoms with Gasteiger partial charge in [0.1, 0.15) is 0 Å². The fourth-order valence-electron chi connectivity index (χ4n) is 11.5. The molecule has 0 radical (unpaired) electrons. The summed E-state index contributed by atoms with van der Waals surface area (Å²) < 4.78 is 0. The van der Waals surface area contributed by atoms with E-state index in [1.165, 1.54) is 533 Å². The molecule has 0 heteroatoms. The Hall–Kier alpha value is 0. The molecule has 0 aliphatic heterocycles. The third-order valence-electron chi connectivity index (χ3n) is 20.7. The first kappa shape index (κ1) is 89.1. The van der Waals surface area contributed by atoms with Gasteiger partial charge >= 0.3 is 0 Å². The molecule has 0 saturated heterocycles. The lowest BCUT2D eigenvalue weighted by molar-refractivity contribution is 0.504. The van der Waals surface area contributed by atoms with Crippen LogP contribution in [0.1, 0.15) is 561 Å². The molecule has 0 aromatic carbocycles. The van der Waals surface area contributed by atoms with Crippen LogP contribution in [-0.2, 0) is 0 Å². The van der Waals surface area contributed by atoms with Gasteiger partial charge in [0.15, 0.2) is 0 Å². The van der Waals surface area contributed by atoms with E-state index in [-0.39, 0.29) is 0 Å². The van der Waals surface area contributed by atoms with E-state index in [1.54, 1.807) is 0 Å². The van der Waals surface area contributed by atoms with Gasteiger partial charge in [0.2, 0.25) is 0 Å². The molecule has 0 bridgehead atoms. The molecule has 0 atom stereocenters. The van der Waals surface area contributed by atoms with Crippen molar-refractivity contribution in [3.05, 3.63) is 0 Å². The molecule has 0 aromatic rings. The Morgan fingerprint density at radius 2 is 0.138 bits per heavy atom. The Bertz CT molecular complexity index is 790. The molecule has 0 amide bonds. The zero-order valence-electron chi connectivity index (χ0n) is 62.7. The zero-order chi connectivity index (χ0) is 62.7. The van der Waals surface area contributed by atoms with Crippen LogP contribution in [0.4, 0.5) is 0 Å². The molecule has 10 aliphatic rings. The second kappa shape index (κ2) is 90.2. The Morgan fingerprint density at radius 3 is 0.184 bits per heavy atom. The summed E-state index contributed by atoms with van der Waals surface area (Å²) in [7, 11) is 0. The number of unbranched alkanes of at least 4 members (excludes halogenated alkanes) is 17. The highest BCUT2D eigenvalue weighted by Crippen LogP contribution is 2.22. The summed E-state index contributed by atoms with van der Waals surface area (Å²) in [5, 5.41) is 0. The van der Waals surface area contributed by atoms with Crippen LogP contribution < -0.4 is 0 Å². The first-order valence-electron chi connectivity index (χ1n) is 43.3. The molecule has 0 heterocycles. The van der Waals surface area contributed by atoms with Crippen molar-refractivity contribution in [3.8, 4) is 0 Å². The van der Waals surface area contributed by atoms with Crippen LogP contribution in [0.25, 0.3) is 0 Å². The highest BCUT2D eigenvalue weighted by atomic mass is 14.1. The largest absolute Gasteiger partial charge is 0.0654 e. The summed E-state index contributed by atoms with van der Waals surface area (Å²) in [6, 6.07) is 0. The maximum absolute atomic E-state index is 2.29. The normalized spacial score (nSPS) is 20.4. The van der Waals surface area contributed by atoms with E-state index in [0.29, 0.717) is 0 Å². The smallest absolute Gasteiger partial charge is 0.0533 e. The summed E-state index contributed by atoms with van der Waals surface area (Å²) in [6.07, 6.45) is 123. The number of hydrogen-bond donors (Lipinski definition) is 0. The molecular formula is C87H178. The van der Waals surface area contributed by atoms with Crippen molar-refractivity contribution in [3.63, 3.8) is 0 Å². The average molecular weight is 1220 g/mol. The van der Waals surface area contributed by atoms with E-state index in [1.807, 2.05) is 0 Å². The lowest BCUT2D eigenvalue weighted by Crippen LogP contribution is -1.85. The standard InChI is InChI=1S/C19H38.C18H38.C8H16.C7H14.C6H12.C5H12.6C4H8/c1-2-4-6-8-10-12-14-16-18-19-17-15-13-11-9-7-5-3-1;1-3-5-7-9-11-13-15-17-18-16-14-12-10-8-6-4-2;1-2-4-6-8-7-5-3-1;1-2-4-6-7-5-3-1;1-2-4-6-5-3-1;1-3-5-4-2;6*1-2-4-3-1/h1-19H2;3-18H2,1-2H3;1-8H2;1-7H2;1-6H2;3-5H2,1-2H3;6*1-4H2. The first-order chi connectivity index (χ1) is 43.3. The number of rotatable bonds is 17. The van der Waals surface area contributed by atoms with Crippen LogP contribution >= 0.6 is 0 Å². The molecule has 526 valence electrons. The van der Waals surface area contributed by atoms with Gasteiger partial charge in [-0.25, -0.2) is 0 Å². The van der Waals surface area contributed by atoms with Gasteiger partial charge in [-0.2, -0.15) is 0 Å². The molecule has 0 unspecified atom stereocenters. The van der Waals surface area contributed by atoms with E-state index in [9.17, 15) is 0 Å². The predicted octanol–water partition coefficient (Wildman–Crippen LogP) is 34.4. The van der Waals surface area contributed by atoms with Crippen LogP contribution in [-0.4, -0.2) is 0 Å². The van der Waals surface area contributed by atoms with Crippen LogP contribution in [0.5, 0.6) is 0 Å². The first-order valence-corrected chi connectivity index (χ1v) is 43.3. The minimum Gasteiger partial charge on any atom is -0.0654 e. The average Bonchev–Trinajstić information content (AvgIpc) is 3.75. The van der Waals surface area contributed by atoms with Gasteiger partial charge in [0, 0.05) is 0 Å². The summed E-state index contributed by atoms with van der Waals surface area (Å²) >= 11 is 0. The zero-order valence-corrected chi connectivity index (χ0v) is 62.7. The fraction of sp³-hybridized carbons (Fsp3) is 1.00. The Balaban J connectivity index is 0. The van der Waals surface area contributed by atoms with E-state index in [2.05, 4.69) is 27.7 Å². The highest BCUT2D eigenvalue weighted by molar-refractivity contribution is 4.58. The van der Waals surface area contributed by atoms with Crippen molar-refractivity contribution >= 4 is 0 Å². The van der Waals surface area contributed by atoms with E-state index in [0.717, 1.165) is 0 Å². The van der Waals surface area contributed by atoms with Gasteiger partial charge in [0.25, 0.3) is 0 Å². The molecule has 10 fully saturated rings. The highest BCUT2D eigenvalue weighted by Gasteiger charge is 2.02. The lowest BCUT2D eigenvalue weighted by Gasteiger charge is -2.05. The Morgan fingerprint density at radius 1 is 0.0805 bits per heavy atom. The molecule has 0 aromatic heterocycles. The van der Waals surface area contributed by atoms with Gasteiger partial charge in [-0.15, -0.1) is 0 Å². The van der Waals surface area contributed by atoms with E-state index >= 15 is 0 Å². The third kappa shape index (κ3) is 92.5. The Labute approximate surface area is 557 Å². The van der Waals surface area contributed by atoms with Gasteiger partial charge in [-0.1, -0.05) is 561 Å². The maximum Gasteiger partial charge on any atom is -0.0533 e. The maximum atomic E-state index is 2.29. The van der Waals surface area contributed by atoms with Crippen molar-refractivity contribution in [2.75, 3.05) is 0 Å². The SMILES string of the molecule is C1CCC1.C1CCC1.C1CCC1.C1CCC1.C1CCC1.C1CCC1.C1CCCCC1.C1CCCCCC1.C1CCCCCCC1.C1CCCCCCCCCCCCCCCCCC1.CCCCC.CCCCCCCCCCCCCCCCCC. The summed E-state index contributed by atoms with van der Waals surface area (Å²) in [5.41, 5.74) is 0. The minimum atomic E-state index is 1.34. The molecule has 0 nitrogen and oxygen atoms in total. The Kier molecular flexibility index (Phi) is 92.3. The van der Waals surface area contributed by atoms with Crippen LogP contribution in [0.2, 0.25) is 0 Å². The van der Waals surface area contributed by atoms with E-state index < -0.39 is 0 Å². The molecule has 0 spiro atoms. The van der Waals surface area contributed by atoms with Gasteiger partial charge < -0.3 is 0 Å². The van der Waals surface area contributed by atoms with Crippen molar-refractivity contribution in [1.82, 2.24) is 0 Å². The van der Waals surface area contributed by atoms with Crippen LogP contribution in [0, 0.1) is 0 Å². The minimum absolute atomic E-state index is 1.34. The lowest BCUT2D eigenvalue weighted by atomic mass is 10.0. The van der Waals surface area contributed by atoms with Crippen molar-refractivity contribution in [2.24, 2.45) is 0 Å². The van der Waals surface area contributed by atoms with Crippen molar-refractivity contribution in [1.29, 1.82) is 0 Å². The summed E-state index contributed by atoms with van der Waals surface area (Å²) in [5.74, 6) is 0. The molecule has 10 rings (SSSR count). The molecule has 0 N–H and O–H groups in total. The second-order valence-corrected chi connectivity index (χ2v) is 29.9. The van der Waals surface area contributed by atoms with Crippen LogP contribution in [0.3, 0.4) is 0 Å². The molecule has 87 heavy (non-hydrogen) atoms. The van der Waals surface area contributed by atoms with E-state index in [4.69, 9.17) is 0 Å². The van der Waals surface area contributed by atoms with Crippen molar-refractivity contribution in [2.45, 2.75) is 561 Å². The predicted molar refractivity (Wildman–Crippen MR) is 406 cm³/mol. The monoisotopic (exact) mass is 1220 g/mol. The van der Waals surface area contributed by atoms with Gasteiger partial charge in [-0.3, -0.25) is 0 Å².